The maximum atomic E-state index is 12.6. The van der Waals surface area contributed by atoms with Crippen LogP contribution in [0, 0.1) is 11.3 Å². The van der Waals surface area contributed by atoms with Crippen LogP contribution in [0.1, 0.15) is 29.9 Å². The van der Waals surface area contributed by atoms with Crippen molar-refractivity contribution in [3.05, 3.63) is 59.7 Å². The Kier molecular flexibility index (Phi) is 3.52. The summed E-state index contributed by atoms with van der Waals surface area (Å²) in [6.07, 6.45) is 2.63. The molecule has 4 heteroatoms. The van der Waals surface area contributed by atoms with Crippen LogP contribution in [0.5, 0.6) is 0 Å². The zero-order valence-electron chi connectivity index (χ0n) is 11.5. The highest BCUT2D eigenvalue weighted by Crippen LogP contribution is 2.33. The number of nitriles is 1. The molecule has 0 bridgehead atoms. The van der Waals surface area contributed by atoms with Crippen molar-refractivity contribution in [3.63, 3.8) is 0 Å². The first-order valence-corrected chi connectivity index (χ1v) is 8.44. The van der Waals surface area contributed by atoms with Gasteiger partial charge in [-0.25, -0.2) is 8.42 Å². The van der Waals surface area contributed by atoms with E-state index in [1.807, 2.05) is 0 Å². The van der Waals surface area contributed by atoms with Gasteiger partial charge in [-0.3, -0.25) is 0 Å². The monoisotopic (exact) mass is 297 g/mol. The number of fused-ring (bicyclic) bond motifs is 1. The molecule has 0 amide bonds. The Labute approximate surface area is 124 Å². The molecule has 21 heavy (non-hydrogen) atoms. The summed E-state index contributed by atoms with van der Waals surface area (Å²) in [4.78, 5) is 0.614. The molecule has 0 heterocycles. The summed E-state index contributed by atoms with van der Waals surface area (Å²) in [5, 5.41) is 9.18. The molecule has 0 unspecified atom stereocenters. The first kappa shape index (κ1) is 13.8. The summed E-state index contributed by atoms with van der Waals surface area (Å²) < 4.78 is 25.2. The molecule has 0 N–H and O–H groups in total. The van der Waals surface area contributed by atoms with Crippen LogP contribution in [-0.4, -0.2) is 8.42 Å². The quantitative estimate of drug-likeness (QED) is 0.853. The maximum absolute atomic E-state index is 12.6. The first-order valence-electron chi connectivity index (χ1n) is 6.95. The first-order chi connectivity index (χ1) is 10.1. The molecule has 2 aromatic rings. The van der Waals surface area contributed by atoms with Crippen molar-refractivity contribution in [3.8, 4) is 6.07 Å². The van der Waals surface area contributed by atoms with Crippen molar-refractivity contribution < 1.29 is 8.42 Å². The molecule has 2 aromatic carbocycles. The number of benzene rings is 2. The second kappa shape index (κ2) is 5.34. The summed E-state index contributed by atoms with van der Waals surface area (Å²) in [6.45, 7) is 0. The third-order valence-corrected chi connectivity index (χ3v) is 5.72. The van der Waals surface area contributed by atoms with Gasteiger partial charge in [0.2, 0.25) is 9.84 Å². The maximum Gasteiger partial charge on any atom is 0.206 e. The Morgan fingerprint density at radius 2 is 1.81 bits per heavy atom. The highest BCUT2D eigenvalue weighted by Gasteiger charge is 2.23. The van der Waals surface area contributed by atoms with E-state index in [0.717, 1.165) is 30.4 Å². The Hall–Kier alpha value is -2.12. The fourth-order valence-electron chi connectivity index (χ4n) is 2.83. The van der Waals surface area contributed by atoms with E-state index >= 15 is 0 Å². The summed E-state index contributed by atoms with van der Waals surface area (Å²) in [7, 11) is -3.48. The molecule has 3 rings (SSSR count). The third kappa shape index (κ3) is 2.45. The average molecular weight is 297 g/mol. The number of nitrogens with zero attached hydrogens (tertiary/aromatic N) is 1. The van der Waals surface area contributed by atoms with Gasteiger partial charge >= 0.3 is 0 Å². The van der Waals surface area contributed by atoms with Crippen LogP contribution in [-0.2, 0) is 16.3 Å². The van der Waals surface area contributed by atoms with Gasteiger partial charge in [0.15, 0.2) is 0 Å². The number of aryl methyl sites for hydroxylation is 1. The van der Waals surface area contributed by atoms with Gasteiger partial charge in [0.05, 0.1) is 21.8 Å². The lowest BCUT2D eigenvalue weighted by Crippen LogP contribution is -2.10. The molecule has 0 aliphatic heterocycles. The largest absolute Gasteiger partial charge is 0.219 e. The minimum Gasteiger partial charge on any atom is -0.219 e. The minimum atomic E-state index is -3.48. The minimum absolute atomic E-state index is 0.109. The van der Waals surface area contributed by atoms with E-state index in [2.05, 4.69) is 6.07 Å². The number of sulfone groups is 1. The summed E-state index contributed by atoms with van der Waals surface area (Å²) in [5.74, 6) is -0.109. The predicted octanol–water partition coefficient (Wildman–Crippen LogP) is 3.46. The van der Waals surface area contributed by atoms with Crippen molar-refractivity contribution >= 4 is 9.84 Å². The zero-order chi connectivity index (χ0) is 14.9. The zero-order valence-corrected chi connectivity index (χ0v) is 12.3. The highest BCUT2D eigenvalue weighted by atomic mass is 32.2. The van der Waals surface area contributed by atoms with Crippen LogP contribution >= 0.6 is 0 Å². The van der Waals surface area contributed by atoms with E-state index in [1.165, 1.54) is 0 Å². The van der Waals surface area contributed by atoms with Crippen molar-refractivity contribution in [1.29, 1.82) is 5.26 Å². The van der Waals surface area contributed by atoms with Gasteiger partial charge in [-0.2, -0.15) is 5.26 Å². The standard InChI is InChI=1S/C17H15NO2S/c18-12-14-6-4-5-13-11-16(9-10-17(13)14)21(19,20)15-7-2-1-3-8-15/h1-3,7-11,14H,4-6H2/t14-/m0/s1. The molecule has 1 aliphatic rings. The normalized spacial score (nSPS) is 17.8. The number of rotatable bonds is 2. The van der Waals surface area contributed by atoms with E-state index in [9.17, 15) is 13.7 Å². The molecule has 0 spiro atoms. The van der Waals surface area contributed by atoms with Gasteiger partial charge in [0.1, 0.15) is 0 Å². The van der Waals surface area contributed by atoms with Crippen molar-refractivity contribution in [2.45, 2.75) is 35.0 Å². The fourth-order valence-corrected chi connectivity index (χ4v) is 4.16. The molecule has 0 radical (unpaired) electrons. The van der Waals surface area contributed by atoms with E-state index in [4.69, 9.17) is 0 Å². The van der Waals surface area contributed by atoms with Crippen LogP contribution in [0.3, 0.4) is 0 Å². The van der Waals surface area contributed by atoms with E-state index in [0.29, 0.717) is 9.79 Å². The lowest BCUT2D eigenvalue weighted by molar-refractivity contribution is 0.594. The summed E-state index contributed by atoms with van der Waals surface area (Å²) >= 11 is 0. The van der Waals surface area contributed by atoms with Crippen molar-refractivity contribution in [2.24, 2.45) is 0 Å². The highest BCUT2D eigenvalue weighted by molar-refractivity contribution is 7.91. The molecular formula is C17H15NO2S. The number of hydrogen-bond donors (Lipinski definition) is 0. The Morgan fingerprint density at radius 3 is 2.52 bits per heavy atom. The third-order valence-electron chi connectivity index (χ3n) is 3.95. The molecule has 106 valence electrons. The molecule has 1 atom stereocenters. The van der Waals surface area contributed by atoms with Gasteiger partial charge in [0.25, 0.3) is 0 Å². The van der Waals surface area contributed by atoms with E-state index in [1.54, 1.807) is 48.5 Å². The molecule has 0 fully saturated rings. The second-order valence-electron chi connectivity index (χ2n) is 5.25. The lowest BCUT2D eigenvalue weighted by atomic mass is 9.84. The molecule has 1 aliphatic carbocycles. The molecule has 0 saturated heterocycles. The smallest absolute Gasteiger partial charge is 0.206 e. The molecule has 0 aromatic heterocycles. The molecule has 3 nitrogen and oxygen atoms in total. The van der Waals surface area contributed by atoms with Gasteiger partial charge in [-0.15, -0.1) is 0 Å². The Morgan fingerprint density at radius 1 is 1.05 bits per heavy atom. The molecular weight excluding hydrogens is 282 g/mol. The SMILES string of the molecule is N#C[C@@H]1CCCc2cc(S(=O)(=O)c3ccccc3)ccc21. The van der Waals surface area contributed by atoms with Crippen molar-refractivity contribution in [2.75, 3.05) is 0 Å². The Balaban J connectivity index is 2.08. The van der Waals surface area contributed by atoms with Gasteiger partial charge in [0, 0.05) is 0 Å². The fraction of sp³-hybridized carbons (Fsp3) is 0.235. The van der Waals surface area contributed by atoms with Crippen LogP contribution in [0.25, 0.3) is 0 Å². The second-order valence-corrected chi connectivity index (χ2v) is 7.20. The van der Waals surface area contributed by atoms with E-state index < -0.39 is 9.84 Å². The Bertz CT molecular complexity index is 804. The summed E-state index contributed by atoms with van der Waals surface area (Å²) in [6, 6.07) is 15.9. The molecule has 0 saturated carbocycles. The van der Waals surface area contributed by atoms with Gasteiger partial charge in [-0.1, -0.05) is 24.3 Å². The van der Waals surface area contributed by atoms with Gasteiger partial charge < -0.3 is 0 Å². The topological polar surface area (TPSA) is 57.9 Å². The summed E-state index contributed by atoms with van der Waals surface area (Å²) in [5.41, 5.74) is 1.97. The van der Waals surface area contributed by atoms with Crippen LogP contribution in [0.4, 0.5) is 0 Å². The lowest BCUT2D eigenvalue weighted by Gasteiger charge is -2.21. The van der Waals surface area contributed by atoms with E-state index in [-0.39, 0.29) is 5.92 Å². The predicted molar refractivity (Wildman–Crippen MR) is 79.6 cm³/mol. The van der Waals surface area contributed by atoms with Crippen LogP contribution in [0.2, 0.25) is 0 Å². The van der Waals surface area contributed by atoms with Gasteiger partial charge in [-0.05, 0) is 54.7 Å². The van der Waals surface area contributed by atoms with Crippen LogP contribution < -0.4 is 0 Å². The van der Waals surface area contributed by atoms with Crippen LogP contribution in [0.15, 0.2) is 58.3 Å². The average Bonchev–Trinajstić information content (AvgIpc) is 2.54. The number of hydrogen-bond acceptors (Lipinski definition) is 3. The van der Waals surface area contributed by atoms with Crippen molar-refractivity contribution in [1.82, 2.24) is 0 Å².